The number of ketones is 1. The van der Waals surface area contributed by atoms with E-state index in [-0.39, 0.29) is 29.6 Å². The summed E-state index contributed by atoms with van der Waals surface area (Å²) in [6, 6.07) is 23.3. The van der Waals surface area contributed by atoms with Crippen LogP contribution in [0.1, 0.15) is 29.8 Å². The van der Waals surface area contributed by atoms with Crippen molar-refractivity contribution < 1.29 is 19.4 Å². The molecule has 4 aromatic rings. The minimum atomic E-state index is -0.957. The van der Waals surface area contributed by atoms with Gasteiger partial charge in [0.2, 0.25) is 0 Å². The van der Waals surface area contributed by atoms with E-state index in [0.717, 1.165) is 16.5 Å². The zero-order valence-electron chi connectivity index (χ0n) is 20.3. The fourth-order valence-corrected chi connectivity index (χ4v) is 4.69. The first-order valence-corrected chi connectivity index (χ1v) is 12.4. The molecule has 0 aliphatic rings. The smallest absolute Gasteiger partial charge is 0.336 e. The van der Waals surface area contributed by atoms with Crippen LogP contribution in [0.25, 0.3) is 27.6 Å². The predicted octanol–water partition coefficient (Wildman–Crippen LogP) is 7.49. The number of ether oxygens (including phenoxy) is 1. The molecular formula is C30H25Cl2NO4. The molecule has 0 heterocycles. The largest absolute Gasteiger partial charge is 0.489 e. The van der Waals surface area contributed by atoms with Crippen molar-refractivity contribution in [3.63, 3.8) is 0 Å². The fraction of sp³-hybridized carbons (Fsp3) is 0.133. The van der Waals surface area contributed by atoms with Gasteiger partial charge in [-0.05, 0) is 58.3 Å². The van der Waals surface area contributed by atoms with E-state index in [4.69, 9.17) is 33.7 Å². The van der Waals surface area contributed by atoms with Gasteiger partial charge in [0.15, 0.2) is 5.78 Å². The van der Waals surface area contributed by atoms with Gasteiger partial charge in [0.05, 0.1) is 26.9 Å². The minimum absolute atomic E-state index is 0.0440. The summed E-state index contributed by atoms with van der Waals surface area (Å²) in [6.07, 6.45) is 0. The lowest BCUT2D eigenvalue weighted by molar-refractivity contribution is -0.118. The highest BCUT2D eigenvalue weighted by Gasteiger charge is 2.21. The van der Waals surface area contributed by atoms with E-state index in [2.05, 4.69) is 0 Å². The molecule has 0 spiro atoms. The minimum Gasteiger partial charge on any atom is -0.489 e. The quantitative estimate of drug-likeness (QED) is 0.229. The molecule has 0 bridgehead atoms. The molecule has 0 amide bonds. The van der Waals surface area contributed by atoms with Gasteiger partial charge in [0.1, 0.15) is 12.4 Å². The molecule has 4 rings (SSSR count). The first-order valence-electron chi connectivity index (χ1n) is 11.6. The number of carboxylic acid groups (broad SMARTS) is 1. The summed E-state index contributed by atoms with van der Waals surface area (Å²) in [5.41, 5.74) is 9.45. The molecule has 0 atom stereocenters. The number of hydrogen-bond donors (Lipinski definition) is 2. The molecule has 0 fully saturated rings. The van der Waals surface area contributed by atoms with E-state index in [9.17, 15) is 14.7 Å². The van der Waals surface area contributed by atoms with Crippen LogP contribution in [-0.2, 0) is 4.79 Å². The summed E-state index contributed by atoms with van der Waals surface area (Å²) >= 11 is 12.7. The van der Waals surface area contributed by atoms with Gasteiger partial charge in [-0.1, -0.05) is 79.5 Å². The van der Waals surface area contributed by atoms with E-state index in [1.807, 2.05) is 48.5 Å². The van der Waals surface area contributed by atoms with Crippen molar-refractivity contribution in [2.45, 2.75) is 13.8 Å². The molecule has 0 aliphatic carbocycles. The zero-order chi connectivity index (χ0) is 26.7. The number of carboxylic acids is 1. The SMILES string of the molecule is CC(C)C(=O)C(COc1ccc(-c2ccc3c(C(=O)O)cccc3c2)cc1)=C(N)c1c(Cl)cccc1Cl. The molecule has 0 unspecified atom stereocenters. The number of carbonyl (C=O) groups excluding carboxylic acids is 1. The lowest BCUT2D eigenvalue weighted by Gasteiger charge is -2.16. The van der Waals surface area contributed by atoms with Gasteiger partial charge in [-0.25, -0.2) is 4.79 Å². The lowest BCUT2D eigenvalue weighted by atomic mass is 9.97. The highest BCUT2D eigenvalue weighted by atomic mass is 35.5. The average Bonchev–Trinajstić information content (AvgIpc) is 2.88. The highest BCUT2D eigenvalue weighted by molar-refractivity contribution is 6.37. The van der Waals surface area contributed by atoms with Crippen molar-refractivity contribution >= 4 is 51.4 Å². The summed E-state index contributed by atoms with van der Waals surface area (Å²) in [4.78, 5) is 24.5. The standard InChI is InChI=1S/C30H25Cl2NO4/c1-17(2)29(34)24(28(33)27-25(31)7-4-8-26(27)32)16-37-21-12-9-18(10-13-21)19-11-14-22-20(15-19)5-3-6-23(22)30(35)36/h3-15,17H,16,33H2,1-2H3,(H,35,36). The molecule has 4 aromatic carbocycles. The Morgan fingerprint density at radius 3 is 2.14 bits per heavy atom. The highest BCUT2D eigenvalue weighted by Crippen LogP contribution is 2.32. The number of aromatic carboxylic acids is 1. The van der Waals surface area contributed by atoms with E-state index in [0.29, 0.717) is 32.3 Å². The first-order chi connectivity index (χ1) is 17.7. The van der Waals surface area contributed by atoms with Crippen LogP contribution < -0.4 is 10.5 Å². The molecule has 0 aliphatic heterocycles. The third-order valence-electron chi connectivity index (χ3n) is 6.06. The maximum Gasteiger partial charge on any atom is 0.336 e. The molecule has 188 valence electrons. The Hall–Kier alpha value is -3.80. The number of hydrogen-bond acceptors (Lipinski definition) is 4. The number of nitrogens with two attached hydrogens (primary N) is 1. The number of rotatable bonds is 8. The van der Waals surface area contributed by atoms with Crippen LogP contribution >= 0.6 is 23.2 Å². The average molecular weight is 534 g/mol. The number of Topliss-reactive ketones (excluding diaryl/α,β-unsaturated/α-hetero) is 1. The number of benzene rings is 4. The van der Waals surface area contributed by atoms with E-state index in [1.165, 1.54) is 0 Å². The lowest BCUT2D eigenvalue weighted by Crippen LogP contribution is -2.21. The topological polar surface area (TPSA) is 89.6 Å². The van der Waals surface area contributed by atoms with Crippen molar-refractivity contribution in [3.05, 3.63) is 106 Å². The Balaban J connectivity index is 1.59. The van der Waals surface area contributed by atoms with Crippen LogP contribution in [0.5, 0.6) is 5.75 Å². The molecule has 0 saturated heterocycles. The molecule has 0 saturated carbocycles. The number of fused-ring (bicyclic) bond motifs is 1. The third kappa shape index (κ3) is 5.63. The normalized spacial score (nSPS) is 11.9. The van der Waals surface area contributed by atoms with Gasteiger partial charge < -0.3 is 15.6 Å². The Labute approximate surface area is 225 Å². The van der Waals surface area contributed by atoms with Crippen molar-refractivity contribution in [2.75, 3.05) is 6.61 Å². The van der Waals surface area contributed by atoms with Crippen LogP contribution in [0.15, 0.2) is 84.4 Å². The summed E-state index contributed by atoms with van der Waals surface area (Å²) in [5.74, 6) is -0.844. The van der Waals surface area contributed by atoms with Gasteiger partial charge in [0, 0.05) is 11.5 Å². The summed E-state index contributed by atoms with van der Waals surface area (Å²) in [7, 11) is 0. The molecule has 0 aromatic heterocycles. The van der Waals surface area contributed by atoms with Crippen LogP contribution in [0.3, 0.4) is 0 Å². The molecular weight excluding hydrogens is 509 g/mol. The van der Waals surface area contributed by atoms with Crippen molar-refractivity contribution in [1.29, 1.82) is 0 Å². The van der Waals surface area contributed by atoms with E-state index < -0.39 is 5.97 Å². The van der Waals surface area contributed by atoms with E-state index >= 15 is 0 Å². The number of halogens is 2. The summed E-state index contributed by atoms with van der Waals surface area (Å²) < 4.78 is 5.95. The van der Waals surface area contributed by atoms with Gasteiger partial charge >= 0.3 is 5.97 Å². The second-order valence-electron chi connectivity index (χ2n) is 8.87. The second-order valence-corrected chi connectivity index (χ2v) is 9.68. The van der Waals surface area contributed by atoms with Gasteiger partial charge in [0.25, 0.3) is 0 Å². The van der Waals surface area contributed by atoms with Crippen molar-refractivity contribution in [2.24, 2.45) is 11.7 Å². The summed E-state index contributed by atoms with van der Waals surface area (Å²) in [5, 5.41) is 11.7. The monoisotopic (exact) mass is 533 g/mol. The fourth-order valence-electron chi connectivity index (χ4n) is 4.08. The Bertz CT molecular complexity index is 1500. The summed E-state index contributed by atoms with van der Waals surface area (Å²) in [6.45, 7) is 3.54. The zero-order valence-corrected chi connectivity index (χ0v) is 21.8. The molecule has 37 heavy (non-hydrogen) atoms. The molecule has 3 N–H and O–H groups in total. The Kier molecular flexibility index (Phi) is 7.86. The van der Waals surface area contributed by atoms with Crippen molar-refractivity contribution in [3.8, 4) is 16.9 Å². The van der Waals surface area contributed by atoms with Crippen LogP contribution in [-0.4, -0.2) is 23.5 Å². The number of carbonyl (C=O) groups is 2. The maximum absolute atomic E-state index is 13.0. The van der Waals surface area contributed by atoms with Gasteiger partial charge in [-0.2, -0.15) is 0 Å². The molecule has 0 radical (unpaired) electrons. The predicted molar refractivity (Wildman–Crippen MR) is 149 cm³/mol. The van der Waals surface area contributed by atoms with Crippen LogP contribution in [0.4, 0.5) is 0 Å². The Morgan fingerprint density at radius 2 is 1.51 bits per heavy atom. The van der Waals surface area contributed by atoms with Gasteiger partial charge in [-0.15, -0.1) is 0 Å². The van der Waals surface area contributed by atoms with E-state index in [1.54, 1.807) is 44.2 Å². The molecule has 7 heteroatoms. The molecule has 5 nitrogen and oxygen atoms in total. The first kappa shape index (κ1) is 26.3. The van der Waals surface area contributed by atoms with Gasteiger partial charge in [-0.3, -0.25) is 4.79 Å². The maximum atomic E-state index is 13.0. The van der Waals surface area contributed by atoms with Crippen LogP contribution in [0, 0.1) is 5.92 Å². The third-order valence-corrected chi connectivity index (χ3v) is 6.69. The Morgan fingerprint density at radius 1 is 0.892 bits per heavy atom. The van der Waals surface area contributed by atoms with Crippen molar-refractivity contribution in [1.82, 2.24) is 0 Å². The van der Waals surface area contributed by atoms with Crippen LogP contribution in [0.2, 0.25) is 10.0 Å². The second kappa shape index (κ2) is 11.1.